The summed E-state index contributed by atoms with van der Waals surface area (Å²) < 4.78 is 14.8. The molecule has 0 aliphatic carbocycles. The third-order valence-corrected chi connectivity index (χ3v) is 3.06. The topological polar surface area (TPSA) is 142 Å². The Balaban J connectivity index is 2.63. The van der Waals surface area contributed by atoms with Crippen molar-refractivity contribution in [3.8, 4) is 5.75 Å². The summed E-state index contributed by atoms with van der Waals surface area (Å²) in [6.45, 7) is 2.91. The Morgan fingerprint density at radius 1 is 1.16 bits per heavy atom. The molecule has 1 atom stereocenters. The minimum absolute atomic E-state index is 0.00579. The fraction of sp³-hybridized carbons (Fsp3) is 0.400. The molecule has 0 saturated carbocycles. The first-order chi connectivity index (χ1) is 11.6. The van der Waals surface area contributed by atoms with Crippen LogP contribution < -0.4 is 4.74 Å². The number of carbonyl (C=O) groups is 3. The Morgan fingerprint density at radius 2 is 1.76 bits per heavy atom. The lowest BCUT2D eigenvalue weighted by molar-refractivity contribution is -0.384. The second kappa shape index (κ2) is 8.62. The Labute approximate surface area is 142 Å². The molecule has 10 heteroatoms. The monoisotopic (exact) mass is 355 g/mol. The molecule has 1 N–H and O–H groups in total. The van der Waals surface area contributed by atoms with Gasteiger partial charge in [-0.3, -0.25) is 19.7 Å². The fourth-order valence-corrected chi connectivity index (χ4v) is 1.60. The van der Waals surface area contributed by atoms with Crippen LogP contribution in [0, 0.1) is 10.1 Å². The maximum atomic E-state index is 11.8. The van der Waals surface area contributed by atoms with Crippen molar-refractivity contribution in [2.24, 2.45) is 0 Å². The van der Waals surface area contributed by atoms with E-state index in [4.69, 9.17) is 19.3 Å². The van der Waals surface area contributed by atoms with Gasteiger partial charge in [-0.15, -0.1) is 0 Å². The van der Waals surface area contributed by atoms with Crippen LogP contribution in [0.1, 0.15) is 33.1 Å². The molecule has 0 spiro atoms. The zero-order valence-electron chi connectivity index (χ0n) is 13.6. The number of carboxylic acid groups (broad SMARTS) is 1. The normalized spacial score (nSPS) is 12.6. The summed E-state index contributed by atoms with van der Waals surface area (Å²) in [5.74, 6) is -3.62. The molecule has 1 rings (SSSR count). The number of rotatable bonds is 8. The van der Waals surface area contributed by atoms with Gasteiger partial charge in [-0.1, -0.05) is 6.92 Å². The second-order valence-corrected chi connectivity index (χ2v) is 5.06. The van der Waals surface area contributed by atoms with Gasteiger partial charge < -0.3 is 19.3 Å². The largest absolute Gasteiger partial charge is 0.517 e. The molecule has 0 aliphatic heterocycles. The number of ether oxygens (including phenoxy) is 3. The van der Waals surface area contributed by atoms with Gasteiger partial charge in [-0.25, -0.2) is 4.79 Å². The summed E-state index contributed by atoms with van der Waals surface area (Å²) in [5, 5.41) is 19.1. The molecule has 0 aliphatic rings. The quantitative estimate of drug-likeness (QED) is 0.245. The Kier molecular flexibility index (Phi) is 6.85. The van der Waals surface area contributed by atoms with Crippen LogP contribution in [0.4, 0.5) is 10.5 Å². The molecule has 0 saturated heterocycles. The van der Waals surface area contributed by atoms with Crippen LogP contribution in [0.25, 0.3) is 0 Å². The van der Waals surface area contributed by atoms with Crippen LogP contribution in [0.5, 0.6) is 5.75 Å². The number of aliphatic carboxylic acids is 1. The highest BCUT2D eigenvalue weighted by molar-refractivity contribution is 5.76. The van der Waals surface area contributed by atoms with Gasteiger partial charge in [-0.2, -0.15) is 0 Å². The zero-order chi connectivity index (χ0) is 19.0. The molecular formula is C15H17NO9. The molecule has 0 fully saturated rings. The lowest BCUT2D eigenvalue weighted by atomic mass is 10.2. The minimum atomic E-state index is -1.63. The van der Waals surface area contributed by atoms with Gasteiger partial charge in [0.2, 0.25) is 0 Å². The molecular weight excluding hydrogens is 338 g/mol. The van der Waals surface area contributed by atoms with Crippen molar-refractivity contribution in [2.45, 2.75) is 38.9 Å². The smallest absolute Gasteiger partial charge is 0.481 e. The van der Waals surface area contributed by atoms with Crippen LogP contribution in [0.3, 0.4) is 0 Å². The molecule has 0 radical (unpaired) electrons. The van der Waals surface area contributed by atoms with E-state index in [9.17, 15) is 24.5 Å². The summed E-state index contributed by atoms with van der Waals surface area (Å²) in [6.07, 6.45) is -1.86. The summed E-state index contributed by atoms with van der Waals surface area (Å²) in [4.78, 5) is 43.7. The fourth-order valence-electron chi connectivity index (χ4n) is 1.60. The number of carboxylic acids is 1. The molecule has 0 bridgehead atoms. The van der Waals surface area contributed by atoms with Gasteiger partial charge >= 0.3 is 18.1 Å². The van der Waals surface area contributed by atoms with Gasteiger partial charge in [-0.05, 0) is 12.1 Å². The molecule has 25 heavy (non-hydrogen) atoms. The summed E-state index contributed by atoms with van der Waals surface area (Å²) in [6, 6.07) is 4.71. The summed E-state index contributed by atoms with van der Waals surface area (Å²) >= 11 is 0. The number of benzene rings is 1. The molecule has 1 aromatic carbocycles. The van der Waals surface area contributed by atoms with Crippen molar-refractivity contribution in [1.29, 1.82) is 0 Å². The molecule has 1 unspecified atom stereocenters. The highest BCUT2D eigenvalue weighted by Crippen LogP contribution is 2.22. The van der Waals surface area contributed by atoms with E-state index in [-0.39, 0.29) is 24.3 Å². The number of nitro groups is 1. The summed E-state index contributed by atoms with van der Waals surface area (Å²) in [7, 11) is 0. The third kappa shape index (κ3) is 6.85. The van der Waals surface area contributed by atoms with E-state index in [1.165, 1.54) is 19.1 Å². The van der Waals surface area contributed by atoms with Crippen molar-refractivity contribution >= 4 is 23.8 Å². The van der Waals surface area contributed by atoms with Crippen molar-refractivity contribution in [1.82, 2.24) is 0 Å². The number of non-ortho nitro benzene ring substituents is 1. The Hall–Kier alpha value is -3.17. The number of esters is 1. The van der Waals surface area contributed by atoms with Crippen molar-refractivity contribution in [3.05, 3.63) is 34.4 Å². The standard InChI is InChI=1S/C15H17NO9/c1-3-15(2,24-13(19)9-8-12(17)18)25-14(20)23-11-6-4-10(5-7-11)16(21)22/h4-7H,3,8-9H2,1-2H3,(H,17,18). The SMILES string of the molecule is CCC(C)(OC(=O)CCC(=O)O)OC(=O)Oc1ccc([N+](=O)[O-])cc1. The number of nitro benzene ring substituents is 1. The number of hydrogen-bond donors (Lipinski definition) is 1. The predicted octanol–water partition coefficient (Wildman–Crippen LogP) is 2.64. The molecule has 136 valence electrons. The third-order valence-electron chi connectivity index (χ3n) is 3.06. The first-order valence-electron chi connectivity index (χ1n) is 7.24. The average Bonchev–Trinajstić information content (AvgIpc) is 2.53. The lowest BCUT2D eigenvalue weighted by Crippen LogP contribution is -2.37. The van der Waals surface area contributed by atoms with Crippen molar-refractivity contribution < 1.29 is 38.6 Å². The minimum Gasteiger partial charge on any atom is -0.481 e. The Bertz CT molecular complexity index is 655. The molecule has 0 amide bonds. The van der Waals surface area contributed by atoms with E-state index in [2.05, 4.69) is 0 Å². The maximum Gasteiger partial charge on any atom is 0.517 e. The van der Waals surface area contributed by atoms with Crippen molar-refractivity contribution in [3.63, 3.8) is 0 Å². The van der Waals surface area contributed by atoms with Gasteiger partial charge in [0, 0.05) is 25.5 Å². The van der Waals surface area contributed by atoms with Crippen LogP contribution in [0.2, 0.25) is 0 Å². The first-order valence-corrected chi connectivity index (χ1v) is 7.24. The lowest BCUT2D eigenvalue weighted by Gasteiger charge is -2.27. The van der Waals surface area contributed by atoms with Gasteiger partial charge in [0.05, 0.1) is 17.8 Å². The van der Waals surface area contributed by atoms with E-state index in [0.717, 1.165) is 12.1 Å². The number of carbonyl (C=O) groups excluding carboxylic acids is 2. The Morgan fingerprint density at radius 3 is 2.24 bits per heavy atom. The van der Waals surface area contributed by atoms with E-state index in [0.29, 0.717) is 0 Å². The molecule has 0 heterocycles. The zero-order valence-corrected chi connectivity index (χ0v) is 13.6. The highest BCUT2D eigenvalue weighted by atomic mass is 16.8. The maximum absolute atomic E-state index is 11.8. The van der Waals surface area contributed by atoms with Crippen LogP contribution in [-0.4, -0.2) is 33.9 Å². The number of nitrogens with zero attached hydrogens (tertiary/aromatic N) is 1. The van der Waals surface area contributed by atoms with E-state index in [1.54, 1.807) is 6.92 Å². The van der Waals surface area contributed by atoms with Crippen molar-refractivity contribution in [2.75, 3.05) is 0 Å². The van der Waals surface area contributed by atoms with E-state index < -0.39 is 35.2 Å². The van der Waals surface area contributed by atoms with Gasteiger partial charge in [0.15, 0.2) is 0 Å². The molecule has 1 aromatic rings. The number of hydrogen-bond acceptors (Lipinski definition) is 8. The molecule has 0 aromatic heterocycles. The predicted molar refractivity (Wildman–Crippen MR) is 81.9 cm³/mol. The van der Waals surface area contributed by atoms with Gasteiger partial charge in [0.1, 0.15) is 5.75 Å². The van der Waals surface area contributed by atoms with Crippen LogP contribution in [-0.2, 0) is 19.1 Å². The molecule has 10 nitrogen and oxygen atoms in total. The van der Waals surface area contributed by atoms with E-state index >= 15 is 0 Å². The van der Waals surface area contributed by atoms with Gasteiger partial charge in [0.25, 0.3) is 11.5 Å². The average molecular weight is 355 g/mol. The van der Waals surface area contributed by atoms with Crippen LogP contribution >= 0.6 is 0 Å². The van der Waals surface area contributed by atoms with Crippen LogP contribution in [0.15, 0.2) is 24.3 Å². The highest BCUT2D eigenvalue weighted by Gasteiger charge is 2.32. The summed E-state index contributed by atoms with van der Waals surface area (Å²) in [5.41, 5.74) is -0.175. The van der Waals surface area contributed by atoms with E-state index in [1.807, 2.05) is 0 Å². The first kappa shape index (κ1) is 19.9. The second-order valence-electron chi connectivity index (χ2n) is 5.06.